The average Bonchev–Trinajstić information content (AvgIpc) is 2.98. The summed E-state index contributed by atoms with van der Waals surface area (Å²) in [5, 5.41) is 11.7. The summed E-state index contributed by atoms with van der Waals surface area (Å²) in [5.74, 6) is 0.0908. The number of ether oxygens (including phenoxy) is 1. The molecule has 2 aromatic rings. The van der Waals surface area contributed by atoms with Gasteiger partial charge in [-0.3, -0.25) is 0 Å². The van der Waals surface area contributed by atoms with Crippen molar-refractivity contribution in [1.29, 1.82) is 0 Å². The fraction of sp³-hybridized carbons (Fsp3) is 0.409. The highest BCUT2D eigenvalue weighted by molar-refractivity contribution is 5.79. The van der Waals surface area contributed by atoms with Gasteiger partial charge in [0.2, 0.25) is 0 Å². The maximum Gasteiger partial charge on any atom is 0.407 e. The van der Waals surface area contributed by atoms with Gasteiger partial charge in [0.15, 0.2) is 0 Å². The first-order valence-electron chi connectivity index (χ1n) is 9.43. The van der Waals surface area contributed by atoms with Gasteiger partial charge in [0, 0.05) is 18.6 Å². The predicted molar refractivity (Wildman–Crippen MR) is 103 cm³/mol. The third-order valence-corrected chi connectivity index (χ3v) is 5.00. The van der Waals surface area contributed by atoms with Gasteiger partial charge in [0.05, 0.1) is 0 Å². The summed E-state index contributed by atoms with van der Waals surface area (Å²) in [6, 6.07) is 16.7. The van der Waals surface area contributed by atoms with Crippen LogP contribution in [0.2, 0.25) is 0 Å². The summed E-state index contributed by atoms with van der Waals surface area (Å²) in [5.41, 5.74) is 4.90. The number of alkyl carbamates (subject to hydrolysis) is 1. The number of hydrogen-bond acceptors (Lipinski definition) is 3. The fourth-order valence-electron chi connectivity index (χ4n) is 3.65. The van der Waals surface area contributed by atoms with Crippen molar-refractivity contribution in [3.63, 3.8) is 0 Å². The Morgan fingerprint density at radius 3 is 2.27 bits per heavy atom. The number of rotatable bonds is 8. The lowest BCUT2D eigenvalue weighted by molar-refractivity contribution is 0.139. The molecule has 0 saturated heterocycles. The van der Waals surface area contributed by atoms with Crippen LogP contribution in [0.15, 0.2) is 48.5 Å². The van der Waals surface area contributed by atoms with Crippen LogP contribution in [0.5, 0.6) is 0 Å². The molecule has 0 bridgehead atoms. The number of hydrogen-bond donors (Lipinski definition) is 2. The number of benzene rings is 2. The van der Waals surface area contributed by atoms with E-state index in [-0.39, 0.29) is 24.7 Å². The van der Waals surface area contributed by atoms with Crippen molar-refractivity contribution in [3.8, 4) is 11.1 Å². The quantitative estimate of drug-likeness (QED) is 0.689. The second-order valence-electron chi connectivity index (χ2n) is 6.94. The van der Waals surface area contributed by atoms with Crippen LogP contribution in [0.3, 0.4) is 0 Å². The number of nitrogens with one attached hydrogen (secondary N) is 1. The smallest absolute Gasteiger partial charge is 0.407 e. The van der Waals surface area contributed by atoms with Crippen LogP contribution >= 0.6 is 0 Å². The maximum atomic E-state index is 12.1. The topological polar surface area (TPSA) is 58.6 Å². The van der Waals surface area contributed by atoms with E-state index in [1.54, 1.807) is 0 Å². The highest BCUT2D eigenvalue weighted by Crippen LogP contribution is 2.44. The molecule has 0 saturated carbocycles. The Labute approximate surface area is 155 Å². The largest absolute Gasteiger partial charge is 0.449 e. The second-order valence-corrected chi connectivity index (χ2v) is 6.94. The molecular weight excluding hydrogens is 326 g/mol. The van der Waals surface area contributed by atoms with Gasteiger partial charge < -0.3 is 15.2 Å². The van der Waals surface area contributed by atoms with E-state index in [0.717, 1.165) is 25.7 Å². The first-order valence-corrected chi connectivity index (χ1v) is 9.43. The van der Waals surface area contributed by atoms with Crippen molar-refractivity contribution < 1.29 is 14.6 Å². The molecule has 0 fully saturated rings. The molecule has 0 aliphatic heterocycles. The number of aliphatic hydroxyl groups excluding tert-OH is 1. The van der Waals surface area contributed by atoms with Crippen molar-refractivity contribution in [3.05, 3.63) is 59.7 Å². The number of aliphatic hydroxyl groups is 1. The van der Waals surface area contributed by atoms with E-state index in [1.807, 2.05) is 31.2 Å². The van der Waals surface area contributed by atoms with Crippen molar-refractivity contribution in [2.75, 3.05) is 13.2 Å². The monoisotopic (exact) mass is 353 g/mol. The molecule has 0 radical (unpaired) electrons. The van der Waals surface area contributed by atoms with Crippen LogP contribution < -0.4 is 5.32 Å². The highest BCUT2D eigenvalue weighted by atomic mass is 16.5. The zero-order valence-corrected chi connectivity index (χ0v) is 15.3. The third kappa shape index (κ3) is 4.25. The molecule has 0 heterocycles. The van der Waals surface area contributed by atoms with Gasteiger partial charge in [0.25, 0.3) is 0 Å². The maximum absolute atomic E-state index is 12.1. The molecule has 4 nitrogen and oxygen atoms in total. The molecule has 1 unspecified atom stereocenters. The van der Waals surface area contributed by atoms with Crippen LogP contribution in [0.25, 0.3) is 11.1 Å². The van der Waals surface area contributed by atoms with Gasteiger partial charge in [-0.05, 0) is 42.0 Å². The fourth-order valence-corrected chi connectivity index (χ4v) is 3.65. The van der Waals surface area contributed by atoms with Crippen LogP contribution in [0, 0.1) is 0 Å². The Balaban J connectivity index is 1.55. The van der Waals surface area contributed by atoms with E-state index in [1.165, 1.54) is 22.3 Å². The summed E-state index contributed by atoms with van der Waals surface area (Å²) in [6.07, 6.45) is 3.32. The van der Waals surface area contributed by atoms with Crippen LogP contribution in [-0.2, 0) is 4.74 Å². The number of fused-ring (bicyclic) bond motifs is 3. The lowest BCUT2D eigenvalue weighted by atomic mass is 9.98. The van der Waals surface area contributed by atoms with E-state index >= 15 is 0 Å². The van der Waals surface area contributed by atoms with Gasteiger partial charge >= 0.3 is 6.09 Å². The summed E-state index contributed by atoms with van der Waals surface area (Å²) in [6.45, 7) is 2.56. The minimum absolute atomic E-state index is 0.0735. The van der Waals surface area contributed by atoms with E-state index in [4.69, 9.17) is 9.84 Å². The van der Waals surface area contributed by atoms with E-state index < -0.39 is 0 Å². The first-order chi connectivity index (χ1) is 12.7. The Bertz CT molecular complexity index is 698. The zero-order chi connectivity index (χ0) is 18.4. The lowest BCUT2D eigenvalue weighted by Crippen LogP contribution is -2.33. The highest BCUT2D eigenvalue weighted by Gasteiger charge is 2.29. The third-order valence-electron chi connectivity index (χ3n) is 5.00. The first kappa shape index (κ1) is 18.5. The zero-order valence-electron chi connectivity index (χ0n) is 15.3. The molecule has 1 atom stereocenters. The van der Waals surface area contributed by atoms with Crippen molar-refractivity contribution in [1.82, 2.24) is 5.32 Å². The SMILES string of the molecule is CC(CCCCCO)NC(=O)OCC1c2ccccc2-c2ccccc21. The van der Waals surface area contributed by atoms with Gasteiger partial charge in [-0.25, -0.2) is 4.79 Å². The number of unbranched alkanes of at least 4 members (excludes halogenated alkanes) is 2. The Morgan fingerprint density at radius 1 is 1.04 bits per heavy atom. The molecule has 1 aliphatic rings. The lowest BCUT2D eigenvalue weighted by Gasteiger charge is -2.17. The molecule has 1 aliphatic carbocycles. The summed E-state index contributed by atoms with van der Waals surface area (Å²) < 4.78 is 5.55. The van der Waals surface area contributed by atoms with E-state index in [9.17, 15) is 4.79 Å². The second kappa shape index (κ2) is 8.86. The molecule has 138 valence electrons. The van der Waals surface area contributed by atoms with E-state index in [0.29, 0.717) is 6.61 Å². The molecule has 1 amide bonds. The van der Waals surface area contributed by atoms with E-state index in [2.05, 4.69) is 29.6 Å². The van der Waals surface area contributed by atoms with Crippen LogP contribution in [0.4, 0.5) is 4.79 Å². The number of amides is 1. The Morgan fingerprint density at radius 2 is 1.65 bits per heavy atom. The minimum Gasteiger partial charge on any atom is -0.449 e. The van der Waals surface area contributed by atoms with Gasteiger partial charge in [-0.1, -0.05) is 61.4 Å². The standard InChI is InChI=1S/C22H27NO3/c1-16(9-3-2-8-14-24)23-22(25)26-15-21-19-12-6-4-10-17(19)18-11-5-7-13-20(18)21/h4-7,10-13,16,21,24H,2-3,8-9,14-15H2,1H3,(H,23,25). The van der Waals surface area contributed by atoms with Gasteiger partial charge in [-0.15, -0.1) is 0 Å². The summed E-state index contributed by atoms with van der Waals surface area (Å²) in [7, 11) is 0. The molecule has 2 aromatic carbocycles. The average molecular weight is 353 g/mol. The molecule has 2 N–H and O–H groups in total. The Kier molecular flexibility index (Phi) is 6.29. The van der Waals surface area contributed by atoms with Crippen LogP contribution in [0.1, 0.15) is 49.7 Å². The summed E-state index contributed by atoms with van der Waals surface area (Å²) >= 11 is 0. The molecule has 4 heteroatoms. The molecule has 3 rings (SSSR count). The van der Waals surface area contributed by atoms with Crippen LogP contribution in [-0.4, -0.2) is 30.5 Å². The van der Waals surface area contributed by atoms with Crippen molar-refractivity contribution in [2.24, 2.45) is 0 Å². The molecule has 0 spiro atoms. The number of carbonyl (C=O) groups excluding carboxylic acids is 1. The van der Waals surface area contributed by atoms with Crippen molar-refractivity contribution >= 4 is 6.09 Å². The predicted octanol–water partition coefficient (Wildman–Crippen LogP) is 4.47. The summed E-state index contributed by atoms with van der Waals surface area (Å²) in [4.78, 5) is 12.1. The van der Waals surface area contributed by atoms with Gasteiger partial charge in [-0.2, -0.15) is 0 Å². The normalized spacial score (nSPS) is 13.8. The van der Waals surface area contributed by atoms with Gasteiger partial charge in [0.1, 0.15) is 6.61 Å². The molecule has 0 aromatic heterocycles. The Hall–Kier alpha value is -2.33. The number of carbonyl (C=O) groups is 1. The van der Waals surface area contributed by atoms with Crippen molar-refractivity contribution in [2.45, 2.75) is 44.6 Å². The molecular formula is C22H27NO3. The molecule has 26 heavy (non-hydrogen) atoms. The minimum atomic E-state index is -0.360.